The summed E-state index contributed by atoms with van der Waals surface area (Å²) in [4.78, 5) is 4.35. The smallest absolute Gasteiger partial charge is 0.0454 e. The van der Waals surface area contributed by atoms with Crippen LogP contribution >= 0.6 is 0 Å². The first-order chi connectivity index (χ1) is 7.33. The largest absolute Gasteiger partial charge is 0.313 e. The molecule has 2 rings (SSSR count). The van der Waals surface area contributed by atoms with Crippen molar-refractivity contribution in [2.24, 2.45) is 0 Å². The van der Waals surface area contributed by atoms with E-state index in [2.05, 4.69) is 48.4 Å². The fraction of sp³-hybridized carbons (Fsp3) is 0.308. The number of nitrogens with one attached hydrogen (secondary N) is 1. The summed E-state index contributed by atoms with van der Waals surface area (Å²) in [6.07, 6.45) is 1.87. The first-order valence-corrected chi connectivity index (χ1v) is 5.37. The van der Waals surface area contributed by atoms with Gasteiger partial charge in [0.2, 0.25) is 0 Å². The van der Waals surface area contributed by atoms with Gasteiger partial charge in [-0.25, -0.2) is 0 Å². The molecule has 0 amide bonds. The molecule has 0 aliphatic carbocycles. The zero-order valence-electron chi connectivity index (χ0n) is 9.25. The van der Waals surface area contributed by atoms with Gasteiger partial charge in [0.1, 0.15) is 0 Å². The molecule has 1 N–H and O–H groups in total. The van der Waals surface area contributed by atoms with Gasteiger partial charge < -0.3 is 5.32 Å². The lowest BCUT2D eigenvalue weighted by molar-refractivity contribution is 0.730. The molecular weight excluding hydrogens is 184 g/mol. The summed E-state index contributed by atoms with van der Waals surface area (Å²) in [7, 11) is 0. The van der Waals surface area contributed by atoms with Crippen molar-refractivity contribution in [3.8, 4) is 0 Å². The molecule has 15 heavy (non-hydrogen) atoms. The first-order valence-electron chi connectivity index (χ1n) is 5.37. The van der Waals surface area contributed by atoms with E-state index in [-0.39, 0.29) is 0 Å². The van der Waals surface area contributed by atoms with Crippen LogP contribution in [0.1, 0.15) is 18.2 Å². The highest BCUT2D eigenvalue weighted by atomic mass is 14.8. The summed E-state index contributed by atoms with van der Waals surface area (Å²) in [5, 5.41) is 5.92. The summed E-state index contributed by atoms with van der Waals surface area (Å²) >= 11 is 0. The number of fused-ring (bicyclic) bond motifs is 1. The van der Waals surface area contributed by atoms with Crippen LogP contribution in [0.2, 0.25) is 0 Å². The minimum Gasteiger partial charge on any atom is -0.313 e. The third kappa shape index (κ3) is 2.00. The Morgan fingerprint density at radius 1 is 1.27 bits per heavy atom. The maximum absolute atomic E-state index is 4.35. The van der Waals surface area contributed by atoms with Gasteiger partial charge in [0.25, 0.3) is 0 Å². The van der Waals surface area contributed by atoms with Crippen LogP contribution in [0.3, 0.4) is 0 Å². The van der Waals surface area contributed by atoms with E-state index in [9.17, 15) is 0 Å². The van der Waals surface area contributed by atoms with Crippen LogP contribution in [0.15, 0.2) is 30.5 Å². The Balaban J connectivity index is 2.53. The molecule has 0 aliphatic rings. The van der Waals surface area contributed by atoms with E-state index in [1.54, 1.807) is 0 Å². The average Bonchev–Trinajstić information content (AvgIpc) is 2.26. The van der Waals surface area contributed by atoms with Crippen LogP contribution in [0, 0.1) is 6.92 Å². The highest BCUT2D eigenvalue weighted by Gasteiger charge is 2.03. The normalized spacial score (nSPS) is 10.8. The number of nitrogens with zero attached hydrogens (tertiary/aromatic N) is 1. The number of benzene rings is 1. The van der Waals surface area contributed by atoms with Gasteiger partial charge in [0.15, 0.2) is 0 Å². The number of aryl methyl sites for hydroxylation is 1. The Bertz CT molecular complexity index is 458. The molecule has 2 aromatic rings. The van der Waals surface area contributed by atoms with Crippen LogP contribution in [0.25, 0.3) is 10.8 Å². The van der Waals surface area contributed by atoms with Gasteiger partial charge in [-0.3, -0.25) is 4.98 Å². The van der Waals surface area contributed by atoms with Crippen molar-refractivity contribution in [2.45, 2.75) is 20.4 Å². The molecule has 0 radical (unpaired) electrons. The summed E-state index contributed by atoms with van der Waals surface area (Å²) < 4.78 is 0. The lowest BCUT2D eigenvalue weighted by Gasteiger charge is -2.08. The van der Waals surface area contributed by atoms with Gasteiger partial charge in [-0.2, -0.15) is 0 Å². The summed E-state index contributed by atoms with van der Waals surface area (Å²) in [6, 6.07) is 8.48. The molecule has 0 saturated heterocycles. The Morgan fingerprint density at radius 2 is 2.13 bits per heavy atom. The van der Waals surface area contributed by atoms with E-state index in [1.165, 1.54) is 16.3 Å². The molecule has 1 heterocycles. The second-order valence-corrected chi connectivity index (χ2v) is 3.69. The van der Waals surface area contributed by atoms with Crippen molar-refractivity contribution in [2.75, 3.05) is 6.54 Å². The molecule has 0 saturated carbocycles. The SMILES string of the molecule is CCNCc1cccc2ccnc(C)c12. The van der Waals surface area contributed by atoms with E-state index in [0.717, 1.165) is 18.8 Å². The Morgan fingerprint density at radius 3 is 2.93 bits per heavy atom. The number of rotatable bonds is 3. The first kappa shape index (κ1) is 10.1. The number of aromatic nitrogens is 1. The van der Waals surface area contributed by atoms with Crippen LogP contribution < -0.4 is 5.32 Å². The Kier molecular flexibility index (Phi) is 2.97. The van der Waals surface area contributed by atoms with Crippen molar-refractivity contribution < 1.29 is 0 Å². The Hall–Kier alpha value is -1.41. The molecular formula is C13H16N2. The molecule has 0 aliphatic heterocycles. The third-order valence-corrected chi connectivity index (χ3v) is 2.63. The van der Waals surface area contributed by atoms with Crippen molar-refractivity contribution in [1.29, 1.82) is 0 Å². The minimum atomic E-state index is 0.917. The highest BCUT2D eigenvalue weighted by molar-refractivity contribution is 5.87. The third-order valence-electron chi connectivity index (χ3n) is 2.63. The van der Waals surface area contributed by atoms with Gasteiger partial charge in [0, 0.05) is 23.8 Å². The summed E-state index contributed by atoms with van der Waals surface area (Å²) in [6.45, 7) is 6.10. The van der Waals surface area contributed by atoms with Crippen molar-refractivity contribution in [1.82, 2.24) is 10.3 Å². The minimum absolute atomic E-state index is 0.917. The van der Waals surface area contributed by atoms with Gasteiger partial charge in [-0.1, -0.05) is 25.1 Å². The van der Waals surface area contributed by atoms with Crippen molar-refractivity contribution in [3.05, 3.63) is 41.7 Å². The van der Waals surface area contributed by atoms with Gasteiger partial charge in [0.05, 0.1) is 0 Å². The van der Waals surface area contributed by atoms with Gasteiger partial charge in [-0.15, -0.1) is 0 Å². The quantitative estimate of drug-likeness (QED) is 0.824. The molecule has 0 bridgehead atoms. The second-order valence-electron chi connectivity index (χ2n) is 3.69. The fourth-order valence-corrected chi connectivity index (χ4v) is 1.90. The van der Waals surface area contributed by atoms with E-state index in [1.807, 2.05) is 6.20 Å². The highest BCUT2D eigenvalue weighted by Crippen LogP contribution is 2.20. The lowest BCUT2D eigenvalue weighted by atomic mass is 10.0. The number of hydrogen-bond donors (Lipinski definition) is 1. The summed E-state index contributed by atoms with van der Waals surface area (Å²) in [5.41, 5.74) is 2.45. The molecule has 1 aromatic heterocycles. The topological polar surface area (TPSA) is 24.9 Å². The standard InChI is InChI=1S/C13H16N2/c1-3-14-9-12-6-4-5-11-7-8-15-10(2)13(11)12/h4-8,14H,3,9H2,1-2H3. The van der Waals surface area contributed by atoms with E-state index >= 15 is 0 Å². The van der Waals surface area contributed by atoms with Crippen LogP contribution in [-0.4, -0.2) is 11.5 Å². The van der Waals surface area contributed by atoms with E-state index in [4.69, 9.17) is 0 Å². The monoisotopic (exact) mass is 200 g/mol. The van der Waals surface area contributed by atoms with Crippen LogP contribution in [0.5, 0.6) is 0 Å². The Labute approximate surface area is 90.3 Å². The van der Waals surface area contributed by atoms with Gasteiger partial charge in [-0.05, 0) is 30.5 Å². The predicted octanol–water partition coefficient (Wildman–Crippen LogP) is 2.65. The van der Waals surface area contributed by atoms with Crippen molar-refractivity contribution in [3.63, 3.8) is 0 Å². The predicted molar refractivity (Wildman–Crippen MR) is 63.9 cm³/mol. The molecule has 1 aromatic carbocycles. The number of hydrogen-bond acceptors (Lipinski definition) is 2. The van der Waals surface area contributed by atoms with E-state index < -0.39 is 0 Å². The lowest BCUT2D eigenvalue weighted by Crippen LogP contribution is -2.12. The molecule has 0 unspecified atom stereocenters. The fourth-order valence-electron chi connectivity index (χ4n) is 1.90. The molecule has 78 valence electrons. The molecule has 0 atom stereocenters. The molecule has 2 nitrogen and oxygen atoms in total. The summed E-state index contributed by atoms with van der Waals surface area (Å²) in [5.74, 6) is 0. The zero-order valence-corrected chi connectivity index (χ0v) is 9.25. The van der Waals surface area contributed by atoms with E-state index in [0.29, 0.717) is 0 Å². The number of pyridine rings is 1. The maximum atomic E-state index is 4.35. The molecule has 0 fully saturated rings. The van der Waals surface area contributed by atoms with Gasteiger partial charge >= 0.3 is 0 Å². The molecule has 0 spiro atoms. The molecule has 2 heteroatoms. The average molecular weight is 200 g/mol. The van der Waals surface area contributed by atoms with Crippen LogP contribution in [0.4, 0.5) is 0 Å². The zero-order chi connectivity index (χ0) is 10.7. The van der Waals surface area contributed by atoms with Crippen molar-refractivity contribution >= 4 is 10.8 Å². The maximum Gasteiger partial charge on any atom is 0.0454 e. The van der Waals surface area contributed by atoms with Crippen LogP contribution in [-0.2, 0) is 6.54 Å². The second kappa shape index (κ2) is 4.41.